The predicted molar refractivity (Wildman–Crippen MR) is 134 cm³/mol. The van der Waals surface area contributed by atoms with E-state index >= 15 is 0 Å². The molecule has 6 rings (SSSR count). The molecule has 1 aliphatic heterocycles. The Balaban J connectivity index is 1.41. The average Bonchev–Trinajstić information content (AvgIpc) is 3.61. The molecular formula is C27H34N6O3. The molecule has 0 amide bonds. The van der Waals surface area contributed by atoms with E-state index in [0.29, 0.717) is 35.6 Å². The van der Waals surface area contributed by atoms with Crippen molar-refractivity contribution in [3.63, 3.8) is 0 Å². The number of likely N-dealkylation sites (tertiary alicyclic amines) is 1. The number of ketones is 1. The van der Waals surface area contributed by atoms with Crippen LogP contribution in [0.2, 0.25) is 0 Å². The minimum absolute atomic E-state index is 0.0173. The predicted octanol–water partition coefficient (Wildman–Crippen LogP) is 4.11. The first-order chi connectivity index (χ1) is 17.4. The lowest BCUT2D eigenvalue weighted by atomic mass is 9.64. The van der Waals surface area contributed by atoms with Gasteiger partial charge in [0.1, 0.15) is 11.9 Å². The Hall–Kier alpha value is -3.07. The van der Waals surface area contributed by atoms with Crippen LogP contribution in [0.1, 0.15) is 69.6 Å². The van der Waals surface area contributed by atoms with E-state index in [2.05, 4.69) is 29.1 Å². The topological polar surface area (TPSA) is 99.2 Å². The van der Waals surface area contributed by atoms with Gasteiger partial charge in [0.2, 0.25) is 5.88 Å². The number of Topliss-reactive ketones (excluding diaryl/α,β-unsaturated/α-hetero) is 1. The third kappa shape index (κ3) is 3.93. The molecule has 3 aliphatic rings. The maximum absolute atomic E-state index is 13.1. The van der Waals surface area contributed by atoms with Crippen molar-refractivity contribution < 1.29 is 14.1 Å². The molecule has 0 bridgehead atoms. The van der Waals surface area contributed by atoms with Gasteiger partial charge >= 0.3 is 0 Å². The third-order valence-corrected chi connectivity index (χ3v) is 8.38. The SMILES string of the molecule is C[C@H](Oc1cc(-c2cnn(C)c2)nc(-c2noc3c2CCC[C@@]32CCCCC2=O)n1)[C@@H]1CCCN1C. The Labute approximate surface area is 211 Å². The first-order valence-electron chi connectivity index (χ1n) is 13.2. The van der Waals surface area contributed by atoms with Gasteiger partial charge in [-0.3, -0.25) is 14.4 Å². The van der Waals surface area contributed by atoms with Gasteiger partial charge in [-0.25, -0.2) is 4.98 Å². The summed E-state index contributed by atoms with van der Waals surface area (Å²) < 4.78 is 14.1. The molecule has 2 fully saturated rings. The second kappa shape index (κ2) is 9.10. The first kappa shape index (κ1) is 23.3. The van der Waals surface area contributed by atoms with Gasteiger partial charge in [0.05, 0.1) is 17.3 Å². The zero-order chi connectivity index (χ0) is 24.9. The number of aromatic nitrogens is 5. The Morgan fingerprint density at radius 2 is 2.00 bits per heavy atom. The third-order valence-electron chi connectivity index (χ3n) is 8.38. The Morgan fingerprint density at radius 1 is 1.14 bits per heavy atom. The van der Waals surface area contributed by atoms with Crippen molar-refractivity contribution >= 4 is 5.78 Å². The highest BCUT2D eigenvalue weighted by Crippen LogP contribution is 2.47. The number of nitrogens with zero attached hydrogens (tertiary/aromatic N) is 6. The largest absolute Gasteiger partial charge is 0.473 e. The van der Waals surface area contributed by atoms with Crippen LogP contribution in [0.5, 0.6) is 5.88 Å². The summed E-state index contributed by atoms with van der Waals surface area (Å²) in [6, 6.07) is 2.23. The van der Waals surface area contributed by atoms with E-state index in [-0.39, 0.29) is 6.10 Å². The monoisotopic (exact) mass is 490 g/mol. The number of carbonyl (C=O) groups is 1. The smallest absolute Gasteiger partial charge is 0.217 e. The molecule has 3 aromatic heterocycles. The number of rotatable bonds is 5. The molecule has 1 spiro atoms. The molecule has 1 saturated heterocycles. The first-order valence-corrected chi connectivity index (χ1v) is 13.2. The summed E-state index contributed by atoms with van der Waals surface area (Å²) in [6.07, 6.45) is 12.0. The van der Waals surface area contributed by atoms with E-state index in [1.165, 1.54) is 6.42 Å². The lowest BCUT2D eigenvalue weighted by Gasteiger charge is -2.36. The van der Waals surface area contributed by atoms with Gasteiger partial charge in [0.25, 0.3) is 0 Å². The number of likely N-dealkylation sites (N-methyl/N-ethyl adjacent to an activating group) is 1. The van der Waals surface area contributed by atoms with Gasteiger partial charge in [0.15, 0.2) is 17.3 Å². The maximum atomic E-state index is 13.1. The minimum Gasteiger partial charge on any atom is -0.473 e. The Morgan fingerprint density at radius 3 is 2.75 bits per heavy atom. The lowest BCUT2D eigenvalue weighted by molar-refractivity contribution is -0.128. The molecule has 0 aromatic carbocycles. The van der Waals surface area contributed by atoms with Crippen molar-refractivity contribution in [3.8, 4) is 28.7 Å². The fourth-order valence-corrected chi connectivity index (χ4v) is 6.46. The van der Waals surface area contributed by atoms with Crippen LogP contribution < -0.4 is 4.74 Å². The Kier molecular flexibility index (Phi) is 5.90. The Bertz CT molecular complexity index is 1280. The molecule has 3 atom stereocenters. The number of carbonyl (C=O) groups excluding carboxylic acids is 1. The molecule has 0 N–H and O–H groups in total. The highest BCUT2D eigenvalue weighted by Gasteiger charge is 2.48. The van der Waals surface area contributed by atoms with Gasteiger partial charge in [-0.2, -0.15) is 10.1 Å². The normalized spacial score (nSPS) is 25.3. The molecule has 1 saturated carbocycles. The van der Waals surface area contributed by atoms with E-state index in [0.717, 1.165) is 74.1 Å². The number of aryl methyl sites for hydroxylation is 1. The number of hydrogen-bond acceptors (Lipinski definition) is 8. The summed E-state index contributed by atoms with van der Waals surface area (Å²) in [5.74, 6) is 2.03. The van der Waals surface area contributed by atoms with Crippen molar-refractivity contribution in [2.45, 2.75) is 82.3 Å². The summed E-state index contributed by atoms with van der Waals surface area (Å²) in [5.41, 5.74) is 2.69. The molecule has 4 heterocycles. The molecule has 36 heavy (non-hydrogen) atoms. The van der Waals surface area contributed by atoms with Gasteiger partial charge in [-0.05, 0) is 65.5 Å². The standard InChI is InChI=1S/C27H34N6O3/c1-17(21-9-7-13-32(21)2)35-23-14-20(18-15-28-33(3)16-18)29-26(30-23)24-19-8-6-12-27(25(19)36-31-24)11-5-4-10-22(27)34/h14-17,21H,4-13H2,1-3H3/t17-,21-,27+/m0/s1. The van der Waals surface area contributed by atoms with Crippen molar-refractivity contribution in [1.29, 1.82) is 0 Å². The van der Waals surface area contributed by atoms with Gasteiger partial charge in [-0.15, -0.1) is 0 Å². The fourth-order valence-electron chi connectivity index (χ4n) is 6.46. The van der Waals surface area contributed by atoms with Gasteiger partial charge < -0.3 is 9.26 Å². The van der Waals surface area contributed by atoms with Gasteiger partial charge in [-0.1, -0.05) is 11.6 Å². The van der Waals surface area contributed by atoms with E-state index in [9.17, 15) is 4.79 Å². The van der Waals surface area contributed by atoms with Crippen molar-refractivity contribution in [3.05, 3.63) is 29.8 Å². The van der Waals surface area contributed by atoms with Crippen molar-refractivity contribution in [2.24, 2.45) is 7.05 Å². The fraction of sp³-hybridized carbons (Fsp3) is 0.593. The average molecular weight is 491 g/mol. The second-order valence-electron chi connectivity index (χ2n) is 10.7. The highest BCUT2D eigenvalue weighted by atomic mass is 16.5. The summed E-state index contributed by atoms with van der Waals surface area (Å²) >= 11 is 0. The molecule has 0 unspecified atom stereocenters. The summed E-state index contributed by atoms with van der Waals surface area (Å²) in [7, 11) is 4.03. The number of hydrogen-bond donors (Lipinski definition) is 0. The molecule has 9 nitrogen and oxygen atoms in total. The van der Waals surface area contributed by atoms with Crippen LogP contribution in [-0.4, -0.2) is 61.3 Å². The summed E-state index contributed by atoms with van der Waals surface area (Å²) in [5, 5.41) is 8.79. The second-order valence-corrected chi connectivity index (χ2v) is 10.7. The molecule has 9 heteroatoms. The van der Waals surface area contributed by atoms with Crippen molar-refractivity contribution in [1.82, 2.24) is 29.8 Å². The number of fused-ring (bicyclic) bond motifs is 2. The number of ether oxygens (including phenoxy) is 1. The van der Waals surface area contributed by atoms with E-state index in [1.54, 1.807) is 10.9 Å². The van der Waals surface area contributed by atoms with Crippen molar-refractivity contribution in [2.75, 3.05) is 13.6 Å². The quantitative estimate of drug-likeness (QED) is 0.527. The van der Waals surface area contributed by atoms with Crippen LogP contribution in [0, 0.1) is 0 Å². The molecule has 190 valence electrons. The van der Waals surface area contributed by atoms with Crippen LogP contribution in [0.3, 0.4) is 0 Å². The zero-order valence-corrected chi connectivity index (χ0v) is 21.4. The highest BCUT2D eigenvalue weighted by molar-refractivity contribution is 5.91. The molecular weight excluding hydrogens is 456 g/mol. The van der Waals surface area contributed by atoms with Crippen LogP contribution in [0.25, 0.3) is 22.8 Å². The maximum Gasteiger partial charge on any atom is 0.217 e. The lowest BCUT2D eigenvalue weighted by Crippen LogP contribution is -2.41. The molecule has 3 aromatic rings. The summed E-state index contributed by atoms with van der Waals surface area (Å²) in [4.78, 5) is 25.1. The van der Waals surface area contributed by atoms with E-state index < -0.39 is 5.41 Å². The minimum atomic E-state index is -0.529. The summed E-state index contributed by atoms with van der Waals surface area (Å²) in [6.45, 7) is 3.19. The molecule has 0 radical (unpaired) electrons. The van der Waals surface area contributed by atoms with Gasteiger partial charge in [0, 0.05) is 42.9 Å². The van der Waals surface area contributed by atoms with E-state index in [4.69, 9.17) is 19.2 Å². The van der Waals surface area contributed by atoms with Crippen LogP contribution in [0.15, 0.2) is 23.0 Å². The zero-order valence-electron chi connectivity index (χ0n) is 21.4. The van der Waals surface area contributed by atoms with Crippen LogP contribution >= 0.6 is 0 Å². The van der Waals surface area contributed by atoms with Crippen LogP contribution in [0.4, 0.5) is 0 Å². The van der Waals surface area contributed by atoms with E-state index in [1.807, 2.05) is 19.3 Å². The molecule has 2 aliphatic carbocycles. The van der Waals surface area contributed by atoms with Crippen LogP contribution in [-0.2, 0) is 23.7 Å².